The minimum Gasteiger partial charge on any atom is -0.507 e. The van der Waals surface area contributed by atoms with Gasteiger partial charge in [-0.3, -0.25) is 0 Å². The Bertz CT molecular complexity index is 110. The SMILES string of the molecule is C=C(O)C[NH3+].O.O.O.O.[Fe].[NH3+]CC(=O)O. The molecule has 0 atom stereocenters. The van der Waals surface area contributed by atoms with Crippen LogP contribution in [0.3, 0.4) is 0 Å². The summed E-state index contributed by atoms with van der Waals surface area (Å²) in [5.74, 6) is -0.713. The summed E-state index contributed by atoms with van der Waals surface area (Å²) in [6.07, 6.45) is 0. The van der Waals surface area contributed by atoms with E-state index in [0.717, 1.165) is 0 Å². The van der Waals surface area contributed by atoms with Crippen LogP contribution in [-0.2, 0) is 21.9 Å². The van der Waals surface area contributed by atoms with Gasteiger partial charge in [0, 0.05) is 17.1 Å². The fourth-order valence-corrected chi connectivity index (χ4v) is 0. The smallest absolute Gasteiger partial charge is 0.359 e. The van der Waals surface area contributed by atoms with Gasteiger partial charge in [0.1, 0.15) is 12.3 Å². The van der Waals surface area contributed by atoms with E-state index >= 15 is 0 Å². The van der Waals surface area contributed by atoms with Crippen molar-refractivity contribution >= 4 is 5.97 Å². The minimum absolute atomic E-state index is 0. The molecule has 0 spiro atoms. The van der Waals surface area contributed by atoms with E-state index in [1.54, 1.807) is 0 Å². The van der Waals surface area contributed by atoms with Crippen LogP contribution >= 0.6 is 0 Å². The molecule has 0 aliphatic carbocycles. The molecule has 0 saturated carbocycles. The molecule has 0 amide bonds. The van der Waals surface area contributed by atoms with Gasteiger partial charge in [0.2, 0.25) is 0 Å². The molecule has 0 unspecified atom stereocenters. The number of hydrogen-bond acceptors (Lipinski definition) is 2. The number of carbonyl (C=O) groups is 1. The Morgan fingerprint density at radius 3 is 1.13 bits per heavy atom. The molecule has 0 aromatic heterocycles. The maximum atomic E-state index is 9.31. The van der Waals surface area contributed by atoms with E-state index in [9.17, 15) is 4.79 Å². The molecule has 15 heavy (non-hydrogen) atoms. The van der Waals surface area contributed by atoms with E-state index in [-0.39, 0.29) is 51.3 Å². The molecule has 0 bridgehead atoms. The Kier molecular flexibility index (Phi) is 120. The van der Waals surface area contributed by atoms with Crippen molar-refractivity contribution < 1.29 is 65.4 Å². The molecule has 16 N–H and O–H groups in total. The maximum Gasteiger partial charge on any atom is 0.359 e. The minimum atomic E-state index is -0.856. The molecule has 0 aliphatic heterocycles. The van der Waals surface area contributed by atoms with Crippen LogP contribution in [0, 0.1) is 0 Å². The zero-order valence-corrected chi connectivity index (χ0v) is 9.30. The van der Waals surface area contributed by atoms with Gasteiger partial charge in [-0.15, -0.1) is 0 Å². The van der Waals surface area contributed by atoms with Crippen LogP contribution in [0.5, 0.6) is 0 Å². The van der Waals surface area contributed by atoms with Crippen LogP contribution in [0.4, 0.5) is 0 Å². The van der Waals surface area contributed by atoms with Crippen molar-refractivity contribution in [3.05, 3.63) is 12.3 Å². The topological polar surface area (TPSA) is 239 Å². The number of aliphatic carboxylic acids is 1. The van der Waals surface area contributed by atoms with Gasteiger partial charge in [0.25, 0.3) is 0 Å². The van der Waals surface area contributed by atoms with E-state index in [4.69, 9.17) is 10.2 Å². The van der Waals surface area contributed by atoms with Crippen LogP contribution < -0.4 is 11.5 Å². The largest absolute Gasteiger partial charge is 0.507 e. The first-order chi connectivity index (χ1) is 4.54. The fourth-order valence-electron chi connectivity index (χ4n) is 0. The predicted molar refractivity (Wildman–Crippen MR) is 49.4 cm³/mol. The molecule has 0 radical (unpaired) electrons. The second kappa shape index (κ2) is 37.8. The third-order valence-electron chi connectivity index (χ3n) is 0.502. The van der Waals surface area contributed by atoms with Crippen molar-refractivity contribution in [1.82, 2.24) is 0 Å². The summed E-state index contributed by atoms with van der Waals surface area (Å²) in [7, 11) is 0. The van der Waals surface area contributed by atoms with Crippen LogP contribution in [0.1, 0.15) is 0 Å². The number of aliphatic hydroxyl groups is 1. The van der Waals surface area contributed by atoms with Gasteiger partial charge < -0.3 is 43.6 Å². The summed E-state index contributed by atoms with van der Waals surface area (Å²) < 4.78 is 0. The van der Waals surface area contributed by atoms with Crippen LogP contribution in [0.15, 0.2) is 12.3 Å². The Balaban J connectivity index is -0.0000000128. The van der Waals surface area contributed by atoms with Crippen LogP contribution in [-0.4, -0.2) is 51.2 Å². The van der Waals surface area contributed by atoms with E-state index in [1.807, 2.05) is 0 Å². The number of carboxylic acid groups (broad SMARTS) is 1. The first kappa shape index (κ1) is 47.5. The van der Waals surface area contributed by atoms with Gasteiger partial charge in [-0.1, -0.05) is 6.58 Å². The molecule has 100 valence electrons. The van der Waals surface area contributed by atoms with Gasteiger partial charge in [-0.2, -0.15) is 0 Å². The number of hydrogen-bond donors (Lipinski definition) is 4. The molecule has 9 nitrogen and oxygen atoms in total. The maximum absolute atomic E-state index is 9.31. The van der Waals surface area contributed by atoms with Gasteiger partial charge >= 0.3 is 5.97 Å². The zero-order valence-electron chi connectivity index (χ0n) is 8.19. The standard InChI is InChI=1S/C3H7NO.C2H5NO2.Fe.4H2O/c1-3(5)2-4;3-1-2(4)5;;;;;/h5H,1-2,4H2;1,3H2,(H,4,5);;4*1H2/p+2. The number of aliphatic hydroxyl groups excluding tert-OH is 1. The molecule has 10 heteroatoms. The molecular weight excluding hydrogens is 256 g/mol. The van der Waals surface area contributed by atoms with Gasteiger partial charge in [-0.05, 0) is 0 Å². The van der Waals surface area contributed by atoms with Crippen molar-refractivity contribution in [2.24, 2.45) is 0 Å². The second-order valence-corrected chi connectivity index (χ2v) is 1.46. The molecule has 0 aromatic rings. The van der Waals surface area contributed by atoms with E-state index in [0.29, 0.717) is 6.54 Å². The fraction of sp³-hybridized carbons (Fsp3) is 0.400. The van der Waals surface area contributed by atoms with Crippen molar-refractivity contribution in [1.29, 1.82) is 0 Å². The Hall–Kier alpha value is -0.711. The molecule has 0 heterocycles. The molecule has 0 rings (SSSR count). The van der Waals surface area contributed by atoms with Crippen LogP contribution in [0.25, 0.3) is 0 Å². The molecule has 0 fully saturated rings. The molecule has 0 aliphatic rings. The van der Waals surface area contributed by atoms with Gasteiger partial charge in [-0.25, -0.2) is 4.79 Å². The second-order valence-electron chi connectivity index (χ2n) is 1.46. The third-order valence-corrected chi connectivity index (χ3v) is 0.502. The summed E-state index contributed by atoms with van der Waals surface area (Å²) in [6.45, 7) is 3.56. The quantitative estimate of drug-likeness (QED) is 0.285. The van der Waals surface area contributed by atoms with Crippen molar-refractivity contribution in [3.63, 3.8) is 0 Å². The summed E-state index contributed by atoms with van der Waals surface area (Å²) in [6, 6.07) is 0. The summed E-state index contributed by atoms with van der Waals surface area (Å²) in [5.41, 5.74) is 6.42. The molecular formula is C5H22FeN2O7+2. The van der Waals surface area contributed by atoms with E-state index in [1.165, 1.54) is 0 Å². The van der Waals surface area contributed by atoms with Crippen LogP contribution in [0.2, 0.25) is 0 Å². The normalized spacial score (nSPS) is 4.93. The van der Waals surface area contributed by atoms with Crippen molar-refractivity contribution in [2.75, 3.05) is 13.1 Å². The average molecular weight is 278 g/mol. The van der Waals surface area contributed by atoms with E-state index < -0.39 is 5.97 Å². The summed E-state index contributed by atoms with van der Waals surface area (Å²) in [4.78, 5) is 9.31. The Labute approximate surface area is 97.5 Å². The van der Waals surface area contributed by atoms with Gasteiger partial charge in [0.15, 0.2) is 6.54 Å². The Morgan fingerprint density at radius 2 is 1.13 bits per heavy atom. The average Bonchev–Trinajstić information content (AvgIpc) is 1.89. The first-order valence-corrected chi connectivity index (χ1v) is 2.71. The predicted octanol–water partition coefficient (Wildman–Crippen LogP) is -5.69. The molecule has 0 aromatic carbocycles. The number of quaternary nitrogens is 2. The summed E-state index contributed by atoms with van der Waals surface area (Å²) >= 11 is 0. The zero-order chi connectivity index (χ0) is 8.57. The van der Waals surface area contributed by atoms with Crippen molar-refractivity contribution in [3.8, 4) is 0 Å². The number of rotatable bonds is 2. The third kappa shape index (κ3) is 157. The molecule has 0 saturated heterocycles. The van der Waals surface area contributed by atoms with Gasteiger partial charge in [0.05, 0.1) is 0 Å². The van der Waals surface area contributed by atoms with E-state index in [2.05, 4.69) is 18.0 Å². The first-order valence-electron chi connectivity index (χ1n) is 2.71. The summed E-state index contributed by atoms with van der Waals surface area (Å²) in [5, 5.41) is 15.8. The number of carboxylic acids is 1. The Morgan fingerprint density at radius 1 is 1.00 bits per heavy atom. The monoisotopic (exact) mass is 278 g/mol. The van der Waals surface area contributed by atoms with Crippen molar-refractivity contribution in [2.45, 2.75) is 0 Å².